The van der Waals surface area contributed by atoms with E-state index in [9.17, 15) is 19.2 Å². The molecular formula is C48H73N3O10. The average Bonchev–Trinajstić information content (AvgIpc) is 3.81. The predicted molar refractivity (Wildman–Crippen MR) is 235 cm³/mol. The van der Waals surface area contributed by atoms with Crippen molar-refractivity contribution in [3.05, 3.63) is 59.7 Å². The molecule has 4 rings (SSSR count). The molecule has 13 heteroatoms. The molecule has 4 atom stereocenters. The van der Waals surface area contributed by atoms with E-state index in [0.29, 0.717) is 89.7 Å². The number of carbonyl (C=O) groups is 4. The van der Waals surface area contributed by atoms with E-state index < -0.39 is 34.2 Å². The van der Waals surface area contributed by atoms with Crippen LogP contribution in [0.25, 0.3) is 0 Å². The van der Waals surface area contributed by atoms with Crippen molar-refractivity contribution in [3.63, 3.8) is 0 Å². The molecule has 2 aliphatic rings. The summed E-state index contributed by atoms with van der Waals surface area (Å²) in [7, 11) is 0. The van der Waals surface area contributed by atoms with E-state index in [0.717, 1.165) is 11.1 Å². The molecule has 2 heterocycles. The van der Waals surface area contributed by atoms with E-state index in [-0.39, 0.29) is 36.0 Å². The van der Waals surface area contributed by atoms with Gasteiger partial charge in [-0.15, -0.1) is 0 Å². The van der Waals surface area contributed by atoms with Crippen molar-refractivity contribution in [1.29, 1.82) is 0 Å². The zero-order chi connectivity index (χ0) is 45.2. The van der Waals surface area contributed by atoms with Gasteiger partial charge in [0.15, 0.2) is 0 Å². The summed E-state index contributed by atoms with van der Waals surface area (Å²) in [4.78, 5) is 56.0. The SMILES string of the molecule is CC(C)(C)OC(=O)[C@@H](Cc1cccc(OCCNCCOc2cccc(C[C@@H](C(=O)OC(C)(C)C)[C@@H]3CCN(C(=O)OC(C)(C)C)C3)c2)c1)[C@H]1CCN(C(=O)OC(C)(C)C)C1. The highest BCUT2D eigenvalue weighted by atomic mass is 16.6. The van der Waals surface area contributed by atoms with Crippen LogP contribution < -0.4 is 14.8 Å². The number of benzene rings is 2. The molecule has 61 heavy (non-hydrogen) atoms. The number of carbonyl (C=O) groups excluding carboxylic acids is 4. The van der Waals surface area contributed by atoms with Gasteiger partial charge in [-0.3, -0.25) is 9.59 Å². The lowest BCUT2D eigenvalue weighted by Crippen LogP contribution is -2.38. The molecule has 2 aliphatic heterocycles. The zero-order valence-corrected chi connectivity index (χ0v) is 38.9. The fourth-order valence-corrected chi connectivity index (χ4v) is 7.50. The molecule has 0 spiro atoms. The Morgan fingerprint density at radius 3 is 1.28 bits per heavy atom. The Bertz CT molecular complexity index is 1640. The Morgan fingerprint density at radius 2 is 0.934 bits per heavy atom. The Kier molecular flexibility index (Phi) is 16.9. The lowest BCUT2D eigenvalue weighted by molar-refractivity contribution is -0.163. The number of ether oxygens (including phenoxy) is 6. The second kappa shape index (κ2) is 21.0. The van der Waals surface area contributed by atoms with Crippen molar-refractivity contribution in [3.8, 4) is 11.5 Å². The predicted octanol–water partition coefficient (Wildman–Crippen LogP) is 8.25. The Balaban J connectivity index is 1.26. The van der Waals surface area contributed by atoms with Gasteiger partial charge >= 0.3 is 24.1 Å². The van der Waals surface area contributed by atoms with Crippen LogP contribution in [0.15, 0.2) is 48.5 Å². The minimum Gasteiger partial charge on any atom is -0.492 e. The Labute approximate surface area is 364 Å². The molecule has 0 aliphatic carbocycles. The molecule has 1 N–H and O–H groups in total. The molecule has 2 aromatic carbocycles. The first kappa shape index (κ1) is 49.1. The number of esters is 2. The van der Waals surface area contributed by atoms with E-state index in [2.05, 4.69) is 5.32 Å². The van der Waals surface area contributed by atoms with Crippen molar-refractivity contribution >= 4 is 24.1 Å². The van der Waals surface area contributed by atoms with Crippen molar-refractivity contribution in [2.45, 2.75) is 131 Å². The van der Waals surface area contributed by atoms with E-state index in [1.54, 1.807) is 9.80 Å². The van der Waals surface area contributed by atoms with Crippen LogP contribution in [0.1, 0.15) is 107 Å². The minimum absolute atomic E-state index is 0.0642. The monoisotopic (exact) mass is 852 g/mol. The van der Waals surface area contributed by atoms with Crippen LogP contribution in [0.2, 0.25) is 0 Å². The first-order chi connectivity index (χ1) is 28.3. The largest absolute Gasteiger partial charge is 0.492 e. The van der Waals surface area contributed by atoms with Crippen molar-refractivity contribution in [1.82, 2.24) is 15.1 Å². The number of amides is 2. The smallest absolute Gasteiger partial charge is 0.410 e. The van der Waals surface area contributed by atoms with Gasteiger partial charge in [0.1, 0.15) is 47.1 Å². The summed E-state index contributed by atoms with van der Waals surface area (Å²) >= 11 is 0. The molecule has 340 valence electrons. The zero-order valence-electron chi connectivity index (χ0n) is 38.9. The molecule has 0 saturated carbocycles. The summed E-state index contributed by atoms with van der Waals surface area (Å²) in [5.74, 6) is -0.116. The van der Waals surface area contributed by atoms with Gasteiger partial charge in [-0.2, -0.15) is 0 Å². The molecule has 0 aromatic heterocycles. The number of hydrogen-bond acceptors (Lipinski definition) is 11. The van der Waals surface area contributed by atoms with Crippen molar-refractivity contribution in [2.24, 2.45) is 23.7 Å². The summed E-state index contributed by atoms with van der Waals surface area (Å²) in [5, 5.41) is 3.36. The van der Waals surface area contributed by atoms with Gasteiger partial charge in [-0.05, 0) is 156 Å². The maximum atomic E-state index is 13.5. The number of likely N-dealkylation sites (tertiary alicyclic amines) is 2. The highest BCUT2D eigenvalue weighted by Crippen LogP contribution is 2.33. The van der Waals surface area contributed by atoms with Gasteiger partial charge in [0.05, 0.1) is 11.8 Å². The molecule has 13 nitrogen and oxygen atoms in total. The van der Waals surface area contributed by atoms with Crippen LogP contribution >= 0.6 is 0 Å². The maximum Gasteiger partial charge on any atom is 0.410 e. The van der Waals surface area contributed by atoms with Crippen LogP contribution in [0.5, 0.6) is 11.5 Å². The van der Waals surface area contributed by atoms with Gasteiger partial charge in [-0.25, -0.2) is 9.59 Å². The molecule has 0 radical (unpaired) electrons. The first-order valence-corrected chi connectivity index (χ1v) is 21.9. The molecule has 2 amide bonds. The van der Waals surface area contributed by atoms with Gasteiger partial charge < -0.3 is 43.5 Å². The second-order valence-electron chi connectivity index (χ2n) is 20.4. The van der Waals surface area contributed by atoms with Gasteiger partial charge in [0, 0.05) is 39.3 Å². The Hall–Kier alpha value is -4.52. The number of nitrogens with zero attached hydrogens (tertiary/aromatic N) is 2. The summed E-state index contributed by atoms with van der Waals surface area (Å²) in [6, 6.07) is 15.6. The van der Waals surface area contributed by atoms with E-state index in [1.165, 1.54) is 0 Å². The standard InChI is InChI=1S/C48H73N3O10/c1-45(2,3)58-41(52)39(35-19-23-50(31-35)43(54)60-47(7,8)9)29-33-15-13-17-37(27-33)56-25-21-49-22-26-57-38-18-14-16-34(28-38)30-40(42(53)59-46(4,5)6)36-20-24-51(32-36)44(55)61-48(10,11)12/h13-18,27-28,35-36,39-40,49H,19-26,29-32H2,1-12H3/t35-,36+,39-,40+. The van der Waals surface area contributed by atoms with Gasteiger partial charge in [-0.1, -0.05) is 24.3 Å². The van der Waals surface area contributed by atoms with E-state index >= 15 is 0 Å². The highest BCUT2D eigenvalue weighted by molar-refractivity contribution is 5.75. The third-order valence-corrected chi connectivity index (χ3v) is 10.1. The fourth-order valence-electron chi connectivity index (χ4n) is 7.50. The summed E-state index contributed by atoms with van der Waals surface area (Å²) in [6.45, 7) is 26.2. The lowest BCUT2D eigenvalue weighted by Gasteiger charge is -2.28. The van der Waals surface area contributed by atoms with Crippen LogP contribution in [0.4, 0.5) is 9.59 Å². The van der Waals surface area contributed by atoms with Crippen LogP contribution in [0.3, 0.4) is 0 Å². The van der Waals surface area contributed by atoms with Crippen LogP contribution in [0, 0.1) is 23.7 Å². The molecular weight excluding hydrogens is 779 g/mol. The fraction of sp³-hybridized carbons (Fsp3) is 0.667. The normalized spacial score (nSPS) is 18.3. The topological polar surface area (TPSA) is 142 Å². The first-order valence-electron chi connectivity index (χ1n) is 21.9. The van der Waals surface area contributed by atoms with E-state index in [1.807, 2.05) is 132 Å². The van der Waals surface area contributed by atoms with Gasteiger partial charge in [0.25, 0.3) is 0 Å². The molecule has 2 aromatic rings. The lowest BCUT2D eigenvalue weighted by atomic mass is 9.86. The van der Waals surface area contributed by atoms with E-state index in [4.69, 9.17) is 28.4 Å². The summed E-state index contributed by atoms with van der Waals surface area (Å²) in [5.41, 5.74) is -0.553. The van der Waals surface area contributed by atoms with Crippen molar-refractivity contribution < 1.29 is 47.6 Å². The number of nitrogens with one attached hydrogen (secondary N) is 1. The average molecular weight is 852 g/mol. The minimum atomic E-state index is -0.635. The molecule has 0 unspecified atom stereocenters. The summed E-state index contributed by atoms with van der Waals surface area (Å²) < 4.78 is 35.1. The van der Waals surface area contributed by atoms with Crippen molar-refractivity contribution in [2.75, 3.05) is 52.5 Å². The van der Waals surface area contributed by atoms with Gasteiger partial charge in [0.2, 0.25) is 0 Å². The molecule has 2 saturated heterocycles. The highest BCUT2D eigenvalue weighted by Gasteiger charge is 2.40. The third-order valence-electron chi connectivity index (χ3n) is 10.1. The number of rotatable bonds is 16. The summed E-state index contributed by atoms with van der Waals surface area (Å²) in [6.07, 6.45) is 1.58. The maximum absolute atomic E-state index is 13.5. The number of hydrogen-bond donors (Lipinski definition) is 1. The third kappa shape index (κ3) is 17.4. The van der Waals surface area contributed by atoms with Crippen LogP contribution in [-0.4, -0.2) is 109 Å². The quantitative estimate of drug-likeness (QED) is 0.0992. The Morgan fingerprint density at radius 1 is 0.574 bits per heavy atom. The molecule has 2 fully saturated rings. The molecule has 0 bridgehead atoms. The van der Waals surface area contributed by atoms with Crippen LogP contribution in [-0.2, 0) is 41.4 Å². The second-order valence-corrected chi connectivity index (χ2v) is 20.4.